The Balaban J connectivity index is 2.95. The summed E-state index contributed by atoms with van der Waals surface area (Å²) in [6, 6.07) is 6.02. The SMILES string of the molecule is N#Cc1c(Br)cc2cc[nH]c2c1Br. The van der Waals surface area contributed by atoms with Crippen LogP contribution in [0, 0.1) is 11.3 Å². The molecule has 1 N–H and O–H groups in total. The number of hydrogen-bond acceptors (Lipinski definition) is 1. The Labute approximate surface area is 91.8 Å². The van der Waals surface area contributed by atoms with Gasteiger partial charge in [0, 0.05) is 16.1 Å². The average molecular weight is 300 g/mol. The first-order valence-electron chi connectivity index (χ1n) is 3.59. The second kappa shape index (κ2) is 3.17. The summed E-state index contributed by atoms with van der Waals surface area (Å²) in [6.45, 7) is 0. The molecule has 0 saturated heterocycles. The van der Waals surface area contributed by atoms with Crippen LogP contribution in [0.5, 0.6) is 0 Å². The van der Waals surface area contributed by atoms with Gasteiger partial charge in [-0.05, 0) is 44.0 Å². The van der Waals surface area contributed by atoms with E-state index in [1.54, 1.807) is 0 Å². The minimum atomic E-state index is 0.620. The number of aromatic amines is 1. The maximum atomic E-state index is 8.87. The molecule has 0 aliphatic heterocycles. The molecular weight excluding hydrogens is 296 g/mol. The number of nitrogens with one attached hydrogen (secondary N) is 1. The van der Waals surface area contributed by atoms with Gasteiger partial charge in [-0.2, -0.15) is 5.26 Å². The number of nitrogens with zero attached hydrogens (tertiary/aromatic N) is 1. The molecule has 0 unspecified atom stereocenters. The second-order valence-electron chi connectivity index (χ2n) is 2.60. The molecule has 13 heavy (non-hydrogen) atoms. The van der Waals surface area contributed by atoms with Crippen molar-refractivity contribution in [1.82, 2.24) is 4.98 Å². The van der Waals surface area contributed by atoms with Crippen molar-refractivity contribution >= 4 is 42.8 Å². The van der Waals surface area contributed by atoms with Gasteiger partial charge in [0.1, 0.15) is 6.07 Å². The van der Waals surface area contributed by atoms with Crippen molar-refractivity contribution in [3.05, 3.63) is 32.8 Å². The predicted molar refractivity (Wildman–Crippen MR) is 58.4 cm³/mol. The number of fused-ring (bicyclic) bond motifs is 1. The van der Waals surface area contributed by atoms with E-state index in [-0.39, 0.29) is 0 Å². The Morgan fingerprint density at radius 2 is 2.15 bits per heavy atom. The van der Waals surface area contributed by atoms with E-state index >= 15 is 0 Å². The number of aromatic nitrogens is 1. The van der Waals surface area contributed by atoms with Gasteiger partial charge in [0.05, 0.1) is 15.6 Å². The molecule has 0 bridgehead atoms. The molecule has 1 aromatic heterocycles. The van der Waals surface area contributed by atoms with Crippen molar-refractivity contribution in [2.24, 2.45) is 0 Å². The molecule has 0 saturated carbocycles. The van der Waals surface area contributed by atoms with Gasteiger partial charge in [-0.1, -0.05) is 0 Å². The first-order valence-corrected chi connectivity index (χ1v) is 5.18. The number of nitriles is 1. The normalized spacial score (nSPS) is 10.2. The van der Waals surface area contributed by atoms with E-state index < -0.39 is 0 Å². The molecule has 0 aliphatic carbocycles. The lowest BCUT2D eigenvalue weighted by atomic mass is 10.2. The van der Waals surface area contributed by atoms with Gasteiger partial charge >= 0.3 is 0 Å². The van der Waals surface area contributed by atoms with Crippen LogP contribution in [-0.2, 0) is 0 Å². The number of hydrogen-bond donors (Lipinski definition) is 1. The highest BCUT2D eigenvalue weighted by atomic mass is 79.9. The molecule has 0 fully saturated rings. The highest BCUT2D eigenvalue weighted by Gasteiger charge is 2.09. The van der Waals surface area contributed by atoms with Crippen LogP contribution in [-0.4, -0.2) is 4.98 Å². The van der Waals surface area contributed by atoms with E-state index in [1.165, 1.54) is 0 Å². The lowest BCUT2D eigenvalue weighted by molar-refractivity contribution is 1.43. The van der Waals surface area contributed by atoms with Crippen LogP contribution in [0.25, 0.3) is 10.9 Å². The Kier molecular flexibility index (Phi) is 2.14. The summed E-state index contributed by atoms with van der Waals surface area (Å²) < 4.78 is 1.62. The number of rotatable bonds is 0. The fourth-order valence-electron chi connectivity index (χ4n) is 1.23. The van der Waals surface area contributed by atoms with E-state index in [2.05, 4.69) is 42.9 Å². The van der Waals surface area contributed by atoms with Crippen LogP contribution in [0.2, 0.25) is 0 Å². The first kappa shape index (κ1) is 8.79. The summed E-state index contributed by atoms with van der Waals surface area (Å²) in [7, 11) is 0. The highest BCUT2D eigenvalue weighted by molar-refractivity contribution is 9.11. The Bertz CT molecular complexity index is 508. The van der Waals surface area contributed by atoms with E-state index in [0.717, 1.165) is 19.8 Å². The van der Waals surface area contributed by atoms with Crippen molar-refractivity contribution in [3.63, 3.8) is 0 Å². The van der Waals surface area contributed by atoms with Gasteiger partial charge in [-0.15, -0.1) is 0 Å². The Morgan fingerprint density at radius 3 is 2.85 bits per heavy atom. The number of H-pyrrole nitrogens is 1. The fraction of sp³-hybridized carbons (Fsp3) is 0. The average Bonchev–Trinajstić information content (AvgIpc) is 2.53. The van der Waals surface area contributed by atoms with Gasteiger partial charge in [0.2, 0.25) is 0 Å². The fourth-order valence-corrected chi connectivity index (χ4v) is 2.68. The van der Waals surface area contributed by atoms with Crippen LogP contribution in [0.4, 0.5) is 0 Å². The second-order valence-corrected chi connectivity index (χ2v) is 4.25. The van der Waals surface area contributed by atoms with Crippen LogP contribution in [0.15, 0.2) is 27.3 Å². The minimum Gasteiger partial charge on any atom is -0.360 e. The van der Waals surface area contributed by atoms with Gasteiger partial charge in [-0.25, -0.2) is 0 Å². The van der Waals surface area contributed by atoms with Crippen LogP contribution in [0.3, 0.4) is 0 Å². The van der Waals surface area contributed by atoms with Crippen LogP contribution in [0.1, 0.15) is 5.56 Å². The molecule has 64 valence electrons. The standard InChI is InChI=1S/C9H4Br2N2/c10-7-3-5-1-2-13-9(5)8(11)6(7)4-12/h1-3,13H. The van der Waals surface area contributed by atoms with Crippen molar-refractivity contribution in [2.75, 3.05) is 0 Å². The molecule has 2 rings (SSSR count). The molecule has 4 heteroatoms. The van der Waals surface area contributed by atoms with Crippen molar-refractivity contribution in [1.29, 1.82) is 5.26 Å². The lowest BCUT2D eigenvalue weighted by Gasteiger charge is -2.00. The minimum absolute atomic E-state index is 0.620. The molecule has 2 aromatic rings. The molecular formula is C9H4Br2N2. The molecule has 1 aromatic carbocycles. The van der Waals surface area contributed by atoms with Gasteiger partial charge in [-0.3, -0.25) is 0 Å². The predicted octanol–water partition coefficient (Wildman–Crippen LogP) is 3.56. The summed E-state index contributed by atoms with van der Waals surface area (Å²) >= 11 is 6.73. The molecule has 0 atom stereocenters. The van der Waals surface area contributed by atoms with Crippen molar-refractivity contribution < 1.29 is 0 Å². The Morgan fingerprint density at radius 1 is 1.38 bits per heavy atom. The molecule has 0 radical (unpaired) electrons. The summed E-state index contributed by atoms with van der Waals surface area (Å²) in [5.41, 5.74) is 1.58. The zero-order chi connectivity index (χ0) is 9.42. The van der Waals surface area contributed by atoms with E-state index in [1.807, 2.05) is 18.3 Å². The highest BCUT2D eigenvalue weighted by Crippen LogP contribution is 2.32. The third-order valence-corrected chi connectivity index (χ3v) is 3.27. The molecule has 2 nitrogen and oxygen atoms in total. The Hall–Kier alpha value is -0.790. The summed E-state index contributed by atoms with van der Waals surface area (Å²) in [4.78, 5) is 3.07. The third kappa shape index (κ3) is 1.28. The largest absolute Gasteiger partial charge is 0.360 e. The van der Waals surface area contributed by atoms with Crippen molar-refractivity contribution in [3.8, 4) is 6.07 Å². The van der Waals surface area contributed by atoms with E-state index in [0.29, 0.717) is 5.56 Å². The summed E-state index contributed by atoms with van der Waals surface area (Å²) in [5, 5.41) is 9.95. The quantitative estimate of drug-likeness (QED) is 0.794. The zero-order valence-corrected chi connectivity index (χ0v) is 9.61. The lowest BCUT2D eigenvalue weighted by Crippen LogP contribution is -1.81. The van der Waals surface area contributed by atoms with Gasteiger partial charge in [0.15, 0.2) is 0 Å². The number of halogens is 2. The van der Waals surface area contributed by atoms with E-state index in [9.17, 15) is 0 Å². The molecule has 0 spiro atoms. The smallest absolute Gasteiger partial charge is 0.102 e. The van der Waals surface area contributed by atoms with E-state index in [4.69, 9.17) is 5.26 Å². The van der Waals surface area contributed by atoms with Crippen molar-refractivity contribution in [2.45, 2.75) is 0 Å². The summed E-state index contributed by atoms with van der Waals surface area (Å²) in [6.07, 6.45) is 1.85. The van der Waals surface area contributed by atoms with Gasteiger partial charge < -0.3 is 4.98 Å². The maximum Gasteiger partial charge on any atom is 0.102 e. The maximum absolute atomic E-state index is 8.87. The molecule has 1 heterocycles. The van der Waals surface area contributed by atoms with Gasteiger partial charge in [0.25, 0.3) is 0 Å². The first-order chi connectivity index (χ1) is 6.24. The third-order valence-electron chi connectivity index (χ3n) is 1.85. The van der Waals surface area contributed by atoms with Crippen LogP contribution >= 0.6 is 31.9 Å². The summed E-state index contributed by atoms with van der Waals surface area (Å²) in [5.74, 6) is 0. The molecule has 0 aliphatic rings. The topological polar surface area (TPSA) is 39.6 Å². The number of benzene rings is 1. The monoisotopic (exact) mass is 298 g/mol. The zero-order valence-electron chi connectivity index (χ0n) is 6.44. The van der Waals surface area contributed by atoms with Crippen LogP contribution < -0.4 is 0 Å². The molecule has 0 amide bonds.